The van der Waals surface area contributed by atoms with Gasteiger partial charge in [0.2, 0.25) is 0 Å². The fourth-order valence-corrected chi connectivity index (χ4v) is 6.16. The first kappa shape index (κ1) is 37.7. The summed E-state index contributed by atoms with van der Waals surface area (Å²) in [6.07, 6.45) is 15.6. The number of aliphatic hydroxyl groups excluding tert-OH is 1. The van der Waals surface area contributed by atoms with Crippen molar-refractivity contribution in [2.24, 2.45) is 5.92 Å². The normalized spacial score (nSPS) is 19.7. The zero-order valence-electron chi connectivity index (χ0n) is 28.8. The van der Waals surface area contributed by atoms with E-state index in [9.17, 15) is 9.90 Å². The lowest BCUT2D eigenvalue weighted by atomic mass is 9.90. The molecule has 0 saturated carbocycles. The molecule has 0 aliphatic carbocycles. The molecular weight excluding hydrogens is 576 g/mol. The standard InChI is InChI=1S/C39H60N2O5/c1-5-8-10-12-14-16-25-41(26-17-15-13-11-9-6-2)29-36-31(4)37(33-23-21-32(30-42)22-24-33)46-38(45-36)34-19-18-20-35(28-34)40-39(43)44-27-7-3/h7,18-24,28,31,36-38,42H,3,5-6,8-17,25-27,29-30H2,1-2,4H3,(H,40,43)/t31-,36+,37+,38+/m0/s1. The molecule has 1 saturated heterocycles. The highest BCUT2D eigenvalue weighted by Gasteiger charge is 2.39. The van der Waals surface area contributed by atoms with Gasteiger partial charge in [-0.3, -0.25) is 5.32 Å². The van der Waals surface area contributed by atoms with Crippen LogP contribution in [-0.4, -0.2) is 48.4 Å². The molecule has 46 heavy (non-hydrogen) atoms. The Balaban J connectivity index is 1.79. The molecule has 7 heteroatoms. The van der Waals surface area contributed by atoms with Crippen LogP contribution >= 0.6 is 0 Å². The maximum atomic E-state index is 12.2. The molecule has 2 aromatic carbocycles. The highest BCUT2D eigenvalue weighted by atomic mass is 16.7. The number of hydrogen-bond donors (Lipinski definition) is 2. The fourth-order valence-electron chi connectivity index (χ4n) is 6.16. The molecule has 256 valence electrons. The van der Waals surface area contributed by atoms with Crippen molar-refractivity contribution in [1.82, 2.24) is 4.90 Å². The summed E-state index contributed by atoms with van der Waals surface area (Å²) >= 11 is 0. The van der Waals surface area contributed by atoms with E-state index in [4.69, 9.17) is 14.2 Å². The monoisotopic (exact) mass is 636 g/mol. The van der Waals surface area contributed by atoms with Gasteiger partial charge in [0, 0.05) is 23.7 Å². The summed E-state index contributed by atoms with van der Waals surface area (Å²) in [5, 5.41) is 12.4. The fraction of sp³-hybridized carbons (Fsp3) is 0.615. The molecule has 0 radical (unpaired) electrons. The van der Waals surface area contributed by atoms with E-state index in [-0.39, 0.29) is 31.3 Å². The first-order valence-corrected chi connectivity index (χ1v) is 17.9. The highest BCUT2D eigenvalue weighted by molar-refractivity contribution is 5.84. The Labute approximate surface area is 278 Å². The van der Waals surface area contributed by atoms with Gasteiger partial charge in [-0.15, -0.1) is 0 Å². The van der Waals surface area contributed by atoms with Gasteiger partial charge in [0.05, 0.1) is 18.8 Å². The van der Waals surface area contributed by atoms with E-state index < -0.39 is 12.4 Å². The molecule has 1 aliphatic rings. The zero-order valence-corrected chi connectivity index (χ0v) is 28.8. The predicted molar refractivity (Wildman–Crippen MR) is 188 cm³/mol. The summed E-state index contributed by atoms with van der Waals surface area (Å²) in [6.45, 7) is 13.5. The molecule has 0 aromatic heterocycles. The van der Waals surface area contributed by atoms with Crippen LogP contribution in [0.15, 0.2) is 61.2 Å². The number of benzene rings is 2. The number of aliphatic hydroxyl groups is 1. The molecule has 2 N–H and O–H groups in total. The first-order valence-electron chi connectivity index (χ1n) is 17.9. The van der Waals surface area contributed by atoms with Gasteiger partial charge in [-0.2, -0.15) is 0 Å². The van der Waals surface area contributed by atoms with Gasteiger partial charge >= 0.3 is 6.09 Å². The Morgan fingerprint density at radius 1 is 0.891 bits per heavy atom. The van der Waals surface area contributed by atoms with E-state index in [1.165, 1.54) is 83.1 Å². The maximum Gasteiger partial charge on any atom is 0.411 e. The predicted octanol–water partition coefficient (Wildman–Crippen LogP) is 9.73. The minimum Gasteiger partial charge on any atom is -0.445 e. The van der Waals surface area contributed by atoms with Crippen molar-refractivity contribution in [2.45, 2.75) is 123 Å². The van der Waals surface area contributed by atoms with Crippen molar-refractivity contribution < 1.29 is 24.1 Å². The van der Waals surface area contributed by atoms with Gasteiger partial charge in [-0.05, 0) is 49.2 Å². The molecule has 0 bridgehead atoms. The number of hydrogen-bond acceptors (Lipinski definition) is 6. The molecule has 1 amide bonds. The first-order chi connectivity index (χ1) is 22.5. The molecule has 0 spiro atoms. The van der Waals surface area contributed by atoms with Crippen molar-refractivity contribution in [3.8, 4) is 0 Å². The summed E-state index contributed by atoms with van der Waals surface area (Å²) in [5.74, 6) is 0.114. The molecule has 4 atom stereocenters. The number of anilines is 1. The zero-order chi connectivity index (χ0) is 33.0. The van der Waals surface area contributed by atoms with Crippen LogP contribution in [0.25, 0.3) is 0 Å². The molecule has 1 fully saturated rings. The number of amides is 1. The topological polar surface area (TPSA) is 80.3 Å². The summed E-state index contributed by atoms with van der Waals surface area (Å²) in [6, 6.07) is 15.6. The third-order valence-corrected chi connectivity index (χ3v) is 8.95. The second-order valence-corrected chi connectivity index (χ2v) is 12.8. The van der Waals surface area contributed by atoms with Crippen molar-refractivity contribution in [3.63, 3.8) is 0 Å². The third-order valence-electron chi connectivity index (χ3n) is 8.95. The highest BCUT2D eigenvalue weighted by Crippen LogP contribution is 2.42. The third kappa shape index (κ3) is 13.2. The van der Waals surface area contributed by atoms with E-state index in [0.717, 1.165) is 36.3 Å². The van der Waals surface area contributed by atoms with Crippen LogP contribution in [0.5, 0.6) is 0 Å². The van der Waals surface area contributed by atoms with Gasteiger partial charge in [0.1, 0.15) is 6.61 Å². The van der Waals surface area contributed by atoms with E-state index in [0.29, 0.717) is 5.69 Å². The van der Waals surface area contributed by atoms with Crippen LogP contribution in [0, 0.1) is 5.92 Å². The minimum absolute atomic E-state index is 0.0105. The van der Waals surface area contributed by atoms with Crippen LogP contribution < -0.4 is 5.32 Å². The quantitative estimate of drug-likeness (QED) is 0.0989. The summed E-state index contributed by atoms with van der Waals surface area (Å²) < 4.78 is 18.6. The van der Waals surface area contributed by atoms with E-state index in [1.54, 1.807) is 0 Å². The van der Waals surface area contributed by atoms with Crippen molar-refractivity contribution in [3.05, 3.63) is 77.9 Å². The largest absolute Gasteiger partial charge is 0.445 e. The van der Waals surface area contributed by atoms with Gasteiger partial charge < -0.3 is 24.2 Å². The average Bonchev–Trinajstić information content (AvgIpc) is 3.07. The van der Waals surface area contributed by atoms with Crippen LogP contribution in [0.4, 0.5) is 10.5 Å². The summed E-state index contributed by atoms with van der Waals surface area (Å²) in [5.41, 5.74) is 3.41. The minimum atomic E-state index is -0.598. The lowest BCUT2D eigenvalue weighted by Gasteiger charge is -2.43. The van der Waals surface area contributed by atoms with Crippen LogP contribution in [0.1, 0.15) is 127 Å². The second kappa shape index (κ2) is 22.0. The number of carbonyl (C=O) groups is 1. The molecule has 2 aromatic rings. The van der Waals surface area contributed by atoms with Crippen LogP contribution in [-0.2, 0) is 20.8 Å². The van der Waals surface area contributed by atoms with Gasteiger partial charge in [0.25, 0.3) is 0 Å². The molecule has 0 unspecified atom stereocenters. The summed E-state index contributed by atoms with van der Waals surface area (Å²) in [7, 11) is 0. The SMILES string of the molecule is C=CCOC(=O)Nc1cccc([C@@H]2O[C@H](CN(CCCCCCCC)CCCCCCCC)[C@H](C)[C@H](c3ccc(CO)cc3)O2)c1. The van der Waals surface area contributed by atoms with Crippen molar-refractivity contribution in [1.29, 1.82) is 0 Å². The van der Waals surface area contributed by atoms with E-state index >= 15 is 0 Å². The number of ether oxygens (including phenoxy) is 3. The molecular formula is C39H60N2O5. The lowest BCUT2D eigenvalue weighted by molar-refractivity contribution is -0.276. The molecule has 1 heterocycles. The van der Waals surface area contributed by atoms with Gasteiger partial charge in [-0.1, -0.05) is 134 Å². The molecule has 3 rings (SSSR count). The lowest BCUT2D eigenvalue weighted by Crippen LogP contribution is -2.45. The van der Waals surface area contributed by atoms with Crippen LogP contribution in [0.2, 0.25) is 0 Å². The Morgan fingerprint density at radius 2 is 1.52 bits per heavy atom. The number of rotatable bonds is 22. The number of nitrogens with zero attached hydrogens (tertiary/aromatic N) is 1. The Bertz CT molecular complexity index is 1110. The molecule has 7 nitrogen and oxygen atoms in total. The second-order valence-electron chi connectivity index (χ2n) is 12.8. The van der Waals surface area contributed by atoms with Crippen molar-refractivity contribution >= 4 is 11.8 Å². The Morgan fingerprint density at radius 3 is 2.13 bits per heavy atom. The van der Waals surface area contributed by atoms with Gasteiger partial charge in [0.15, 0.2) is 6.29 Å². The van der Waals surface area contributed by atoms with E-state index in [1.807, 2.05) is 36.4 Å². The Hall–Kier alpha value is -2.71. The summed E-state index contributed by atoms with van der Waals surface area (Å²) in [4.78, 5) is 14.8. The number of carbonyl (C=O) groups excluding carboxylic acids is 1. The number of unbranched alkanes of at least 4 members (excludes halogenated alkanes) is 10. The van der Waals surface area contributed by atoms with E-state index in [2.05, 4.69) is 49.7 Å². The smallest absolute Gasteiger partial charge is 0.411 e. The Kier molecular flexibility index (Phi) is 18.0. The van der Waals surface area contributed by atoms with Crippen molar-refractivity contribution in [2.75, 3.05) is 31.6 Å². The maximum absolute atomic E-state index is 12.2. The molecule has 1 aliphatic heterocycles. The average molecular weight is 637 g/mol. The van der Waals surface area contributed by atoms with Gasteiger partial charge in [-0.25, -0.2) is 4.79 Å². The number of nitrogens with one attached hydrogen (secondary N) is 1. The van der Waals surface area contributed by atoms with Crippen LogP contribution in [0.3, 0.4) is 0 Å².